The second kappa shape index (κ2) is 4.05. The van der Waals surface area contributed by atoms with Gasteiger partial charge in [0.25, 0.3) is 0 Å². The molecule has 10 heteroatoms. The van der Waals surface area contributed by atoms with E-state index in [-0.39, 0.29) is 0 Å². The van der Waals surface area contributed by atoms with Gasteiger partial charge < -0.3 is 9.47 Å². The zero-order valence-corrected chi connectivity index (χ0v) is 12.3. The second-order valence-electron chi connectivity index (χ2n) is 6.18. The first-order valence-corrected chi connectivity index (χ1v) is 7.81. The number of hydrogen-bond donors (Lipinski definition) is 1. The highest BCUT2D eigenvalue weighted by molar-refractivity contribution is 7.87. The normalized spacial score (nSPS) is 35.3. The van der Waals surface area contributed by atoms with Gasteiger partial charge in [0, 0.05) is 17.4 Å². The lowest BCUT2D eigenvalue weighted by atomic mass is 9.79. The van der Waals surface area contributed by atoms with Crippen molar-refractivity contribution in [3.05, 3.63) is 11.6 Å². The lowest BCUT2D eigenvalue weighted by Crippen LogP contribution is -2.44. The molecule has 1 saturated heterocycles. The van der Waals surface area contributed by atoms with Gasteiger partial charge in [-0.2, -0.15) is 17.2 Å². The fraction of sp³-hybridized carbons (Fsp3) is 0.667. The summed E-state index contributed by atoms with van der Waals surface area (Å²) < 4.78 is 65.8. The summed E-state index contributed by atoms with van der Waals surface area (Å²) in [4.78, 5) is 23.1. The topological polar surface area (TPSA) is 107 Å². The van der Waals surface area contributed by atoms with Crippen molar-refractivity contribution in [1.82, 2.24) is 0 Å². The van der Waals surface area contributed by atoms with Crippen LogP contribution in [0.15, 0.2) is 11.6 Å². The van der Waals surface area contributed by atoms with Crippen molar-refractivity contribution in [2.45, 2.75) is 31.3 Å². The zero-order valence-electron chi connectivity index (χ0n) is 11.4. The van der Waals surface area contributed by atoms with Crippen LogP contribution in [-0.4, -0.2) is 42.4 Å². The van der Waals surface area contributed by atoms with Gasteiger partial charge in [0.15, 0.2) is 0 Å². The molecule has 0 aromatic carbocycles. The number of fused-ring (bicyclic) bond motifs is 1. The van der Waals surface area contributed by atoms with E-state index >= 15 is 0 Å². The molecule has 22 heavy (non-hydrogen) atoms. The first kappa shape index (κ1) is 15.3. The van der Waals surface area contributed by atoms with E-state index in [1.807, 2.05) is 0 Å². The number of halogens is 2. The van der Waals surface area contributed by atoms with Gasteiger partial charge in [0.1, 0.15) is 12.2 Å². The number of carbonyl (C=O) groups excluding carboxylic acids is 2. The minimum absolute atomic E-state index is 0.401. The number of esters is 2. The third-order valence-corrected chi connectivity index (χ3v) is 5.46. The van der Waals surface area contributed by atoms with E-state index in [0.717, 1.165) is 0 Å². The molecule has 1 saturated carbocycles. The molecular weight excluding hydrogens is 326 g/mol. The Hall–Kier alpha value is -1.55. The molecule has 0 aromatic heterocycles. The number of rotatable bonds is 3. The Bertz CT molecular complexity index is 709. The van der Waals surface area contributed by atoms with Crippen LogP contribution >= 0.6 is 0 Å². The first-order chi connectivity index (χ1) is 9.89. The van der Waals surface area contributed by atoms with Crippen molar-refractivity contribution in [2.75, 3.05) is 0 Å². The summed E-state index contributed by atoms with van der Waals surface area (Å²) in [5.74, 6) is -3.93. The van der Waals surface area contributed by atoms with Crippen molar-refractivity contribution in [3.63, 3.8) is 0 Å². The molecular formula is C12H12F2O7S. The average Bonchev–Trinajstić information content (AvgIpc) is 2.84. The Kier molecular flexibility index (Phi) is 2.82. The van der Waals surface area contributed by atoms with E-state index in [9.17, 15) is 26.8 Å². The average molecular weight is 338 g/mol. The van der Waals surface area contributed by atoms with E-state index in [4.69, 9.17) is 9.29 Å². The largest absolute Gasteiger partial charge is 0.465 e. The SMILES string of the molecule is CC1(C)C2C=C3C(=O)OC(C2OC(=O)C(F)(F)S(=O)(=O)O)C31. The number of hydrogen-bond acceptors (Lipinski definition) is 6. The molecule has 0 spiro atoms. The Morgan fingerprint density at radius 3 is 2.59 bits per heavy atom. The van der Waals surface area contributed by atoms with Crippen molar-refractivity contribution < 1.29 is 40.8 Å². The van der Waals surface area contributed by atoms with Crippen LogP contribution in [0.2, 0.25) is 0 Å². The summed E-state index contributed by atoms with van der Waals surface area (Å²) >= 11 is 0. The number of alkyl halides is 2. The molecule has 122 valence electrons. The van der Waals surface area contributed by atoms with Gasteiger partial charge in [0.2, 0.25) is 0 Å². The summed E-state index contributed by atoms with van der Waals surface area (Å²) in [5.41, 5.74) is -0.126. The molecule has 2 bridgehead atoms. The quantitative estimate of drug-likeness (QED) is 0.590. The molecule has 2 aliphatic carbocycles. The second-order valence-corrected chi connectivity index (χ2v) is 7.64. The van der Waals surface area contributed by atoms with E-state index in [1.54, 1.807) is 13.8 Å². The zero-order chi connectivity index (χ0) is 16.7. The van der Waals surface area contributed by atoms with E-state index in [0.29, 0.717) is 5.57 Å². The summed E-state index contributed by atoms with van der Waals surface area (Å²) in [6.07, 6.45) is -0.621. The Morgan fingerprint density at radius 2 is 2.05 bits per heavy atom. The predicted octanol–water partition coefficient (Wildman–Crippen LogP) is 0.516. The fourth-order valence-corrected chi connectivity index (χ4v) is 3.85. The van der Waals surface area contributed by atoms with Crippen LogP contribution in [0.5, 0.6) is 0 Å². The van der Waals surface area contributed by atoms with Crippen LogP contribution in [0.3, 0.4) is 0 Å². The fourth-order valence-electron chi connectivity index (χ4n) is 3.59. The molecule has 3 rings (SSSR count). The summed E-state index contributed by atoms with van der Waals surface area (Å²) in [7, 11) is -5.94. The van der Waals surface area contributed by atoms with E-state index in [2.05, 4.69) is 4.74 Å². The highest BCUT2D eigenvalue weighted by Gasteiger charge is 2.69. The van der Waals surface area contributed by atoms with Gasteiger partial charge in [0.05, 0.1) is 0 Å². The van der Waals surface area contributed by atoms with Crippen molar-refractivity contribution in [1.29, 1.82) is 0 Å². The smallest absolute Gasteiger partial charge is 0.454 e. The van der Waals surface area contributed by atoms with Crippen LogP contribution in [-0.2, 0) is 29.2 Å². The van der Waals surface area contributed by atoms with Crippen molar-refractivity contribution >= 4 is 22.1 Å². The predicted molar refractivity (Wildman–Crippen MR) is 65.1 cm³/mol. The molecule has 2 fully saturated rings. The Labute approximate surface area is 124 Å². The maximum absolute atomic E-state index is 13.3. The minimum Gasteiger partial charge on any atom is -0.454 e. The molecule has 4 atom stereocenters. The highest BCUT2D eigenvalue weighted by atomic mass is 32.2. The van der Waals surface area contributed by atoms with Crippen LogP contribution in [0, 0.1) is 17.3 Å². The molecule has 7 nitrogen and oxygen atoms in total. The van der Waals surface area contributed by atoms with E-state index in [1.165, 1.54) is 6.08 Å². The van der Waals surface area contributed by atoms with Crippen LogP contribution in [0.1, 0.15) is 13.8 Å². The van der Waals surface area contributed by atoms with Crippen molar-refractivity contribution in [3.8, 4) is 0 Å². The standard InChI is InChI=1S/C12H12F2O7S/c1-11(2)5-3-4-6(11)8(20-9(4)15)7(5)21-10(16)12(13,14)22(17,18)19/h3,5-8H,1-2H3,(H,17,18,19). The summed E-state index contributed by atoms with van der Waals surface area (Å²) in [5, 5.41) is -5.08. The lowest BCUT2D eigenvalue weighted by molar-refractivity contribution is -0.176. The molecule has 3 aliphatic rings. The summed E-state index contributed by atoms with van der Waals surface area (Å²) in [6, 6.07) is 0. The number of carbonyl (C=O) groups is 2. The van der Waals surface area contributed by atoms with Gasteiger partial charge in [-0.3, -0.25) is 4.55 Å². The Morgan fingerprint density at radius 1 is 1.45 bits per heavy atom. The van der Waals surface area contributed by atoms with Crippen LogP contribution in [0.4, 0.5) is 8.78 Å². The molecule has 1 aliphatic heterocycles. The molecule has 1 N–H and O–H groups in total. The first-order valence-electron chi connectivity index (χ1n) is 6.37. The van der Waals surface area contributed by atoms with Gasteiger partial charge in [-0.25, -0.2) is 9.59 Å². The van der Waals surface area contributed by atoms with Crippen LogP contribution in [0.25, 0.3) is 0 Å². The lowest BCUT2D eigenvalue weighted by Gasteiger charge is -2.26. The van der Waals surface area contributed by atoms with Crippen molar-refractivity contribution in [2.24, 2.45) is 17.3 Å². The van der Waals surface area contributed by atoms with Gasteiger partial charge in [-0.15, -0.1) is 0 Å². The van der Waals surface area contributed by atoms with Gasteiger partial charge >= 0.3 is 27.3 Å². The monoisotopic (exact) mass is 338 g/mol. The molecule has 4 unspecified atom stereocenters. The van der Waals surface area contributed by atoms with E-state index < -0.39 is 56.8 Å². The van der Waals surface area contributed by atoms with Gasteiger partial charge in [-0.1, -0.05) is 19.9 Å². The van der Waals surface area contributed by atoms with Crippen LogP contribution < -0.4 is 0 Å². The highest BCUT2D eigenvalue weighted by Crippen LogP contribution is 2.61. The molecule has 0 radical (unpaired) electrons. The Balaban J connectivity index is 1.89. The molecule has 0 amide bonds. The maximum Gasteiger partial charge on any atom is 0.465 e. The third kappa shape index (κ3) is 1.70. The van der Waals surface area contributed by atoms with Gasteiger partial charge in [-0.05, 0) is 5.41 Å². The number of ether oxygens (including phenoxy) is 2. The maximum atomic E-state index is 13.3. The minimum atomic E-state index is -5.94. The third-order valence-electron chi connectivity index (χ3n) is 4.64. The molecule has 0 aromatic rings. The summed E-state index contributed by atoms with van der Waals surface area (Å²) in [6.45, 7) is 3.55. The molecule has 1 heterocycles.